The van der Waals surface area contributed by atoms with E-state index in [0.717, 1.165) is 32.1 Å². The molecule has 0 radical (unpaired) electrons. The van der Waals surface area contributed by atoms with Crippen LogP contribution >= 0.6 is 0 Å². The molecule has 2 amide bonds. The van der Waals surface area contributed by atoms with Crippen LogP contribution in [-0.2, 0) is 9.53 Å². The third-order valence-corrected chi connectivity index (χ3v) is 4.71. The van der Waals surface area contributed by atoms with Gasteiger partial charge in [0.15, 0.2) is 5.96 Å². The summed E-state index contributed by atoms with van der Waals surface area (Å²) < 4.78 is 5.34. The van der Waals surface area contributed by atoms with Gasteiger partial charge in [0.05, 0.1) is 0 Å². The van der Waals surface area contributed by atoms with Crippen LogP contribution in [0.1, 0.15) is 72.6 Å². The Labute approximate surface area is 176 Å². The normalized spacial score (nSPS) is 16.3. The van der Waals surface area contributed by atoms with Gasteiger partial charge < -0.3 is 25.6 Å². The summed E-state index contributed by atoms with van der Waals surface area (Å²) in [4.78, 5) is 30.1. The number of likely N-dealkylation sites (N-methyl/N-ethyl adjacent to an activating group) is 1. The quantitative estimate of drug-likeness (QED) is 0.400. The second-order valence-electron chi connectivity index (χ2n) is 8.95. The van der Waals surface area contributed by atoms with Crippen LogP contribution < -0.4 is 16.0 Å². The summed E-state index contributed by atoms with van der Waals surface area (Å²) in [6.07, 6.45) is 7.19. The maximum atomic E-state index is 12.0. The summed E-state index contributed by atoms with van der Waals surface area (Å²) in [5.74, 6) is 0.591. The summed E-state index contributed by atoms with van der Waals surface area (Å²) in [7, 11) is 3.45. The van der Waals surface area contributed by atoms with Crippen LogP contribution in [0, 0.1) is 0 Å². The first-order valence-corrected chi connectivity index (χ1v) is 10.8. The van der Waals surface area contributed by atoms with Crippen LogP contribution in [0.4, 0.5) is 4.79 Å². The van der Waals surface area contributed by atoms with Crippen molar-refractivity contribution in [3.8, 4) is 0 Å². The lowest BCUT2D eigenvalue weighted by Gasteiger charge is -2.25. The number of unbranched alkanes of at least 4 members (excludes halogenated alkanes) is 1. The van der Waals surface area contributed by atoms with Crippen LogP contribution in [0.3, 0.4) is 0 Å². The van der Waals surface area contributed by atoms with Crippen molar-refractivity contribution in [2.75, 3.05) is 27.2 Å². The van der Waals surface area contributed by atoms with E-state index < -0.39 is 11.7 Å². The maximum Gasteiger partial charge on any atom is 0.407 e. The third-order valence-electron chi connectivity index (χ3n) is 4.71. The van der Waals surface area contributed by atoms with Crippen molar-refractivity contribution in [3.63, 3.8) is 0 Å². The summed E-state index contributed by atoms with van der Waals surface area (Å²) in [5.41, 5.74) is -0.528. The molecule has 1 aliphatic rings. The van der Waals surface area contributed by atoms with Crippen LogP contribution in [0.2, 0.25) is 0 Å². The highest BCUT2D eigenvalue weighted by atomic mass is 16.6. The van der Waals surface area contributed by atoms with Gasteiger partial charge in [0.25, 0.3) is 0 Å². The highest BCUT2D eigenvalue weighted by Crippen LogP contribution is 2.17. The molecular weight excluding hydrogens is 370 g/mol. The number of amides is 2. The number of hydrogen-bond donors (Lipinski definition) is 3. The minimum Gasteiger partial charge on any atom is -0.444 e. The standard InChI is InChI=1S/C21H41N5O3/c1-7-8-11-17(14-23-20(28)29-21(2,3)4)25-19(22-15-18(27)26(5)6)24-16-12-9-10-13-16/h16-17H,7-15H2,1-6H3,(H,23,28)(H2,22,24,25). The monoisotopic (exact) mass is 411 g/mol. The predicted molar refractivity (Wildman–Crippen MR) is 117 cm³/mol. The van der Waals surface area contributed by atoms with Gasteiger partial charge >= 0.3 is 6.09 Å². The fourth-order valence-electron chi connectivity index (χ4n) is 3.07. The topological polar surface area (TPSA) is 95.1 Å². The Morgan fingerprint density at radius 1 is 1.21 bits per heavy atom. The molecule has 8 nitrogen and oxygen atoms in total. The number of ether oxygens (including phenoxy) is 1. The first-order chi connectivity index (χ1) is 13.6. The number of nitrogens with one attached hydrogen (secondary N) is 3. The minimum absolute atomic E-state index is 0.00424. The SMILES string of the molecule is CCCCC(CNC(=O)OC(C)(C)C)NC(=NCC(=O)N(C)C)NC1CCCC1. The number of rotatable bonds is 9. The molecule has 29 heavy (non-hydrogen) atoms. The molecule has 3 N–H and O–H groups in total. The maximum absolute atomic E-state index is 12.0. The van der Waals surface area contributed by atoms with E-state index in [9.17, 15) is 9.59 Å². The van der Waals surface area contributed by atoms with E-state index in [4.69, 9.17) is 4.74 Å². The average molecular weight is 412 g/mol. The average Bonchev–Trinajstić information content (AvgIpc) is 3.12. The molecule has 8 heteroatoms. The number of carbonyl (C=O) groups is 2. The van der Waals surface area contributed by atoms with Gasteiger partial charge in [0.1, 0.15) is 12.1 Å². The van der Waals surface area contributed by atoms with Gasteiger partial charge in [-0.3, -0.25) is 4.79 Å². The van der Waals surface area contributed by atoms with Gasteiger partial charge in [0.2, 0.25) is 5.91 Å². The molecule has 0 spiro atoms. The number of carbonyl (C=O) groups excluding carboxylic acids is 2. The first-order valence-electron chi connectivity index (χ1n) is 10.8. The summed E-state index contributed by atoms with van der Waals surface area (Å²) in [6, 6.07) is 0.380. The van der Waals surface area contributed by atoms with Crippen LogP contribution in [0.5, 0.6) is 0 Å². The Balaban J connectivity index is 2.75. The van der Waals surface area contributed by atoms with Crippen molar-refractivity contribution < 1.29 is 14.3 Å². The Morgan fingerprint density at radius 3 is 2.41 bits per heavy atom. The number of aliphatic imine (C=N–C) groups is 1. The number of alkyl carbamates (subject to hydrolysis) is 1. The smallest absolute Gasteiger partial charge is 0.407 e. The van der Waals surface area contributed by atoms with E-state index >= 15 is 0 Å². The lowest BCUT2D eigenvalue weighted by Crippen LogP contribution is -2.51. The highest BCUT2D eigenvalue weighted by molar-refractivity contribution is 5.85. The largest absolute Gasteiger partial charge is 0.444 e. The van der Waals surface area contributed by atoms with Crippen molar-refractivity contribution in [1.82, 2.24) is 20.9 Å². The van der Waals surface area contributed by atoms with Crippen molar-refractivity contribution in [3.05, 3.63) is 0 Å². The molecule has 0 aromatic rings. The van der Waals surface area contributed by atoms with Gasteiger partial charge in [0, 0.05) is 32.7 Å². The van der Waals surface area contributed by atoms with Gasteiger partial charge in [-0.15, -0.1) is 0 Å². The molecule has 0 saturated heterocycles. The Kier molecular flexibility index (Phi) is 10.8. The summed E-state index contributed by atoms with van der Waals surface area (Å²) >= 11 is 0. The molecule has 1 unspecified atom stereocenters. The molecule has 1 fully saturated rings. The molecule has 168 valence electrons. The second kappa shape index (κ2) is 12.5. The molecule has 0 aromatic heterocycles. The fourth-order valence-corrected chi connectivity index (χ4v) is 3.07. The zero-order valence-corrected chi connectivity index (χ0v) is 19.1. The van der Waals surface area contributed by atoms with Crippen LogP contribution in [0.25, 0.3) is 0 Å². The highest BCUT2D eigenvalue weighted by Gasteiger charge is 2.20. The Morgan fingerprint density at radius 2 is 1.86 bits per heavy atom. The van der Waals surface area contributed by atoms with Crippen LogP contribution in [-0.4, -0.2) is 67.7 Å². The lowest BCUT2D eigenvalue weighted by atomic mass is 10.1. The molecular formula is C21H41N5O3. The van der Waals surface area contributed by atoms with Crippen molar-refractivity contribution in [2.24, 2.45) is 4.99 Å². The van der Waals surface area contributed by atoms with E-state index in [1.54, 1.807) is 14.1 Å². The minimum atomic E-state index is -0.528. The van der Waals surface area contributed by atoms with E-state index in [2.05, 4.69) is 27.9 Å². The molecule has 1 saturated carbocycles. The van der Waals surface area contributed by atoms with E-state index in [0.29, 0.717) is 18.5 Å². The van der Waals surface area contributed by atoms with Gasteiger partial charge in [-0.1, -0.05) is 32.6 Å². The van der Waals surface area contributed by atoms with Crippen molar-refractivity contribution >= 4 is 18.0 Å². The molecule has 1 rings (SSSR count). The van der Waals surface area contributed by atoms with E-state index in [1.807, 2.05) is 20.8 Å². The van der Waals surface area contributed by atoms with E-state index in [1.165, 1.54) is 17.7 Å². The second-order valence-corrected chi connectivity index (χ2v) is 8.95. The zero-order chi connectivity index (χ0) is 21.9. The number of guanidine groups is 1. The Hall–Kier alpha value is -1.99. The number of hydrogen-bond acceptors (Lipinski definition) is 4. The van der Waals surface area contributed by atoms with E-state index in [-0.39, 0.29) is 18.5 Å². The molecule has 0 aliphatic heterocycles. The molecule has 1 aliphatic carbocycles. The van der Waals surface area contributed by atoms with Gasteiger partial charge in [-0.05, 0) is 40.0 Å². The first kappa shape index (κ1) is 25.0. The zero-order valence-electron chi connectivity index (χ0n) is 19.1. The Bertz CT molecular complexity index is 537. The third kappa shape index (κ3) is 11.6. The summed E-state index contributed by atoms with van der Waals surface area (Å²) in [5, 5.41) is 9.74. The van der Waals surface area contributed by atoms with Gasteiger partial charge in [-0.2, -0.15) is 0 Å². The predicted octanol–water partition coefficient (Wildman–Crippen LogP) is 2.64. The summed E-state index contributed by atoms with van der Waals surface area (Å²) in [6.45, 7) is 8.20. The molecule has 0 aromatic carbocycles. The fraction of sp³-hybridized carbons (Fsp3) is 0.857. The molecule has 1 atom stereocenters. The van der Waals surface area contributed by atoms with Gasteiger partial charge in [-0.25, -0.2) is 9.79 Å². The molecule has 0 heterocycles. The number of nitrogens with zero attached hydrogens (tertiary/aromatic N) is 2. The van der Waals surface area contributed by atoms with Crippen molar-refractivity contribution in [1.29, 1.82) is 0 Å². The van der Waals surface area contributed by atoms with Crippen LogP contribution in [0.15, 0.2) is 4.99 Å². The molecule has 0 bridgehead atoms. The van der Waals surface area contributed by atoms with Crippen molar-refractivity contribution in [2.45, 2.75) is 90.3 Å². The lowest BCUT2D eigenvalue weighted by molar-refractivity contribution is -0.127.